The number of nitrogens with one attached hydrogen (secondary N) is 1. The summed E-state index contributed by atoms with van der Waals surface area (Å²) >= 11 is 6.98. The predicted molar refractivity (Wildman–Crippen MR) is 103 cm³/mol. The van der Waals surface area contributed by atoms with Gasteiger partial charge in [0.05, 0.1) is 12.1 Å². The molecule has 0 spiro atoms. The third kappa shape index (κ3) is 5.97. The van der Waals surface area contributed by atoms with Crippen LogP contribution in [-0.4, -0.2) is 34.9 Å². The maximum Gasteiger partial charge on any atom is 0.316 e. The molecule has 1 amide bonds. The van der Waals surface area contributed by atoms with Crippen molar-refractivity contribution in [1.82, 2.24) is 5.32 Å². The Hall–Kier alpha value is -2.18. The van der Waals surface area contributed by atoms with Crippen LogP contribution in [-0.2, 0) is 4.79 Å². The highest BCUT2D eigenvalue weighted by Crippen LogP contribution is 2.27. The molecule has 0 aromatic heterocycles. The van der Waals surface area contributed by atoms with E-state index in [1.54, 1.807) is 55.5 Å². The molecule has 2 N–H and O–H groups in total. The van der Waals surface area contributed by atoms with E-state index in [1.807, 2.05) is 6.92 Å². The summed E-state index contributed by atoms with van der Waals surface area (Å²) in [6.45, 7) is 3.75. The quantitative estimate of drug-likeness (QED) is 0.660. The summed E-state index contributed by atoms with van der Waals surface area (Å²) in [5, 5.41) is 11.9. The number of aliphatic carboxylic acids is 1. The van der Waals surface area contributed by atoms with Crippen molar-refractivity contribution >= 4 is 35.2 Å². The molecule has 2 atom stereocenters. The summed E-state index contributed by atoms with van der Waals surface area (Å²) in [4.78, 5) is 24.2. The minimum Gasteiger partial charge on any atom is -0.489 e. The second kappa shape index (κ2) is 9.50. The van der Waals surface area contributed by atoms with Crippen molar-refractivity contribution < 1.29 is 19.4 Å². The number of halogens is 1. The van der Waals surface area contributed by atoms with Crippen molar-refractivity contribution in [3.05, 3.63) is 59.1 Å². The summed E-state index contributed by atoms with van der Waals surface area (Å²) in [6, 6.07) is 13.9. The van der Waals surface area contributed by atoms with E-state index >= 15 is 0 Å². The summed E-state index contributed by atoms with van der Waals surface area (Å²) in [7, 11) is 0. The standard InChI is InChI=1S/C19H20ClNO4S/c1-12(25-15-9-7-14(20)8-10-15)11-21-18(22)16-5-3-4-6-17(16)26-13(2)19(23)24/h3-10,12-13H,11H2,1-2H3,(H,21,22)(H,23,24). The van der Waals surface area contributed by atoms with Crippen molar-refractivity contribution in [3.8, 4) is 5.75 Å². The number of thioether (sulfide) groups is 1. The number of carbonyl (C=O) groups is 2. The Morgan fingerprint density at radius 3 is 2.46 bits per heavy atom. The molecule has 2 aromatic carbocycles. The third-order valence-corrected chi connectivity index (χ3v) is 4.90. The van der Waals surface area contributed by atoms with Crippen LogP contribution in [0.5, 0.6) is 5.75 Å². The Balaban J connectivity index is 1.95. The van der Waals surface area contributed by atoms with Gasteiger partial charge in [-0.3, -0.25) is 9.59 Å². The lowest BCUT2D eigenvalue weighted by Gasteiger charge is -2.16. The van der Waals surface area contributed by atoms with Gasteiger partial charge in [-0.2, -0.15) is 0 Å². The molecule has 0 fully saturated rings. The topological polar surface area (TPSA) is 75.6 Å². The molecule has 0 radical (unpaired) electrons. The SMILES string of the molecule is CC(CNC(=O)c1ccccc1SC(C)C(=O)O)Oc1ccc(Cl)cc1. The molecule has 0 saturated carbocycles. The molecule has 0 aliphatic carbocycles. The molecule has 0 heterocycles. The van der Waals surface area contributed by atoms with E-state index < -0.39 is 11.2 Å². The van der Waals surface area contributed by atoms with Crippen LogP contribution in [0.2, 0.25) is 5.02 Å². The maximum absolute atomic E-state index is 12.5. The number of hydrogen-bond acceptors (Lipinski definition) is 4. The van der Waals surface area contributed by atoms with Gasteiger partial charge in [-0.15, -0.1) is 11.8 Å². The molecule has 2 unspecified atom stereocenters. The van der Waals surface area contributed by atoms with Gasteiger partial charge in [0.25, 0.3) is 5.91 Å². The van der Waals surface area contributed by atoms with Gasteiger partial charge >= 0.3 is 5.97 Å². The molecular weight excluding hydrogens is 374 g/mol. The van der Waals surface area contributed by atoms with Crippen molar-refractivity contribution in [2.75, 3.05) is 6.54 Å². The van der Waals surface area contributed by atoms with Gasteiger partial charge in [-0.05, 0) is 50.2 Å². The van der Waals surface area contributed by atoms with Gasteiger partial charge in [-0.1, -0.05) is 23.7 Å². The number of carboxylic acid groups (broad SMARTS) is 1. The zero-order valence-corrected chi connectivity index (χ0v) is 16.0. The van der Waals surface area contributed by atoms with E-state index in [-0.39, 0.29) is 12.0 Å². The van der Waals surface area contributed by atoms with Crippen LogP contribution in [0.4, 0.5) is 0 Å². The highest BCUT2D eigenvalue weighted by molar-refractivity contribution is 8.00. The van der Waals surface area contributed by atoms with Gasteiger partial charge in [-0.25, -0.2) is 0 Å². The minimum atomic E-state index is -0.921. The van der Waals surface area contributed by atoms with Crippen LogP contribution < -0.4 is 10.1 Å². The lowest BCUT2D eigenvalue weighted by atomic mass is 10.2. The Bertz CT molecular complexity index is 766. The maximum atomic E-state index is 12.5. The first-order valence-electron chi connectivity index (χ1n) is 8.05. The monoisotopic (exact) mass is 393 g/mol. The van der Waals surface area contributed by atoms with E-state index in [0.717, 1.165) is 11.8 Å². The fourth-order valence-electron chi connectivity index (χ4n) is 2.12. The van der Waals surface area contributed by atoms with Gasteiger partial charge < -0.3 is 15.2 Å². The Labute approximate surface area is 161 Å². The normalized spacial score (nSPS) is 12.9. The Morgan fingerprint density at radius 1 is 1.15 bits per heavy atom. The van der Waals surface area contributed by atoms with Crippen molar-refractivity contribution in [2.24, 2.45) is 0 Å². The summed E-state index contributed by atoms with van der Waals surface area (Å²) < 4.78 is 5.73. The van der Waals surface area contributed by atoms with Gasteiger partial charge in [0.2, 0.25) is 0 Å². The molecule has 2 aromatic rings. The molecule has 0 aliphatic rings. The Morgan fingerprint density at radius 2 is 1.81 bits per heavy atom. The lowest BCUT2D eigenvalue weighted by molar-refractivity contribution is -0.136. The van der Waals surface area contributed by atoms with Crippen molar-refractivity contribution in [3.63, 3.8) is 0 Å². The molecule has 26 heavy (non-hydrogen) atoms. The molecule has 0 saturated heterocycles. The van der Waals surface area contributed by atoms with E-state index in [9.17, 15) is 9.59 Å². The van der Waals surface area contributed by atoms with Crippen LogP contribution in [0.15, 0.2) is 53.4 Å². The zero-order valence-electron chi connectivity index (χ0n) is 14.4. The van der Waals surface area contributed by atoms with E-state index in [1.165, 1.54) is 0 Å². The number of hydrogen-bond donors (Lipinski definition) is 2. The largest absolute Gasteiger partial charge is 0.489 e. The molecule has 138 valence electrons. The first-order valence-corrected chi connectivity index (χ1v) is 9.31. The fourth-order valence-corrected chi connectivity index (χ4v) is 3.17. The molecule has 0 aliphatic heterocycles. The van der Waals surface area contributed by atoms with E-state index in [4.69, 9.17) is 21.4 Å². The number of ether oxygens (including phenoxy) is 1. The van der Waals surface area contributed by atoms with Crippen LogP contribution in [0.25, 0.3) is 0 Å². The predicted octanol–water partition coefficient (Wildman–Crippen LogP) is 4.10. The summed E-state index contributed by atoms with van der Waals surface area (Å²) in [5.74, 6) is -0.519. The second-order valence-corrected chi connectivity index (χ2v) is 7.51. The van der Waals surface area contributed by atoms with Crippen LogP contribution in [0.3, 0.4) is 0 Å². The molecular formula is C19H20ClNO4S. The third-order valence-electron chi connectivity index (χ3n) is 3.48. The van der Waals surface area contributed by atoms with Crippen molar-refractivity contribution in [2.45, 2.75) is 30.1 Å². The van der Waals surface area contributed by atoms with Gasteiger partial charge in [0.15, 0.2) is 0 Å². The number of amides is 1. The summed E-state index contributed by atoms with van der Waals surface area (Å²) in [5.41, 5.74) is 0.448. The molecule has 2 rings (SSSR count). The highest BCUT2D eigenvalue weighted by atomic mass is 35.5. The van der Waals surface area contributed by atoms with Crippen LogP contribution in [0.1, 0.15) is 24.2 Å². The highest BCUT2D eigenvalue weighted by Gasteiger charge is 2.18. The average molecular weight is 394 g/mol. The number of carbonyl (C=O) groups excluding carboxylic acids is 1. The lowest BCUT2D eigenvalue weighted by Crippen LogP contribution is -2.33. The smallest absolute Gasteiger partial charge is 0.316 e. The number of carboxylic acids is 1. The number of benzene rings is 2. The molecule has 0 bridgehead atoms. The first-order chi connectivity index (χ1) is 12.4. The second-order valence-electron chi connectivity index (χ2n) is 5.69. The fraction of sp³-hybridized carbons (Fsp3) is 0.263. The van der Waals surface area contributed by atoms with E-state index in [2.05, 4.69) is 5.32 Å². The van der Waals surface area contributed by atoms with E-state index in [0.29, 0.717) is 27.8 Å². The molecule has 7 heteroatoms. The average Bonchev–Trinajstić information content (AvgIpc) is 2.62. The van der Waals surface area contributed by atoms with Crippen LogP contribution >= 0.6 is 23.4 Å². The minimum absolute atomic E-state index is 0.238. The van der Waals surface area contributed by atoms with Crippen molar-refractivity contribution in [1.29, 1.82) is 0 Å². The Kier molecular flexibility index (Phi) is 7.36. The summed E-state index contributed by atoms with van der Waals surface area (Å²) in [6.07, 6.45) is -0.238. The van der Waals surface area contributed by atoms with Crippen LogP contribution in [0, 0.1) is 0 Å². The first kappa shape index (κ1) is 20.1. The van der Waals surface area contributed by atoms with Gasteiger partial charge in [0.1, 0.15) is 17.1 Å². The molecule has 5 nitrogen and oxygen atoms in total. The number of rotatable bonds is 8. The zero-order chi connectivity index (χ0) is 19.1. The van der Waals surface area contributed by atoms with Gasteiger partial charge in [0, 0.05) is 9.92 Å².